The molecule has 1 N–H and O–H groups in total. The third kappa shape index (κ3) is 1.46. The number of aryl methyl sites for hydroxylation is 1. The Morgan fingerprint density at radius 3 is 2.83 bits per heavy atom. The predicted octanol–water partition coefficient (Wildman–Crippen LogP) is 2.91. The normalized spacial score (nSPS) is 11.0. The van der Waals surface area contributed by atoms with Crippen LogP contribution in [0.15, 0.2) is 31.2 Å². The number of hydrogen-bond donors (Lipinski definition) is 1. The Hall–Kier alpha value is -2.36. The van der Waals surface area contributed by atoms with Gasteiger partial charge in [0.2, 0.25) is 0 Å². The average molecular weight is 238 g/mol. The standard InChI is InChI=1S/C14H14N4/c1-4-10-9(2)18(3)8-11(10)12-7-13-14(17-12)16-6-5-15-13/h4-8H,1H2,2-3H3,(H,16,17). The molecule has 4 nitrogen and oxygen atoms in total. The van der Waals surface area contributed by atoms with Crippen molar-refractivity contribution in [3.63, 3.8) is 0 Å². The van der Waals surface area contributed by atoms with Gasteiger partial charge in [-0.3, -0.25) is 4.98 Å². The van der Waals surface area contributed by atoms with E-state index in [1.54, 1.807) is 12.4 Å². The van der Waals surface area contributed by atoms with Crippen LogP contribution in [0.1, 0.15) is 11.3 Å². The monoisotopic (exact) mass is 238 g/mol. The lowest BCUT2D eigenvalue weighted by Gasteiger charge is -1.97. The molecule has 0 atom stereocenters. The van der Waals surface area contributed by atoms with Gasteiger partial charge in [0.1, 0.15) is 5.52 Å². The summed E-state index contributed by atoms with van der Waals surface area (Å²) in [6.07, 6.45) is 7.37. The smallest absolute Gasteiger partial charge is 0.156 e. The quantitative estimate of drug-likeness (QED) is 0.746. The molecule has 0 fully saturated rings. The highest BCUT2D eigenvalue weighted by Crippen LogP contribution is 2.29. The van der Waals surface area contributed by atoms with Crippen molar-refractivity contribution in [3.05, 3.63) is 42.5 Å². The molecule has 18 heavy (non-hydrogen) atoms. The van der Waals surface area contributed by atoms with E-state index in [1.807, 2.05) is 19.2 Å². The van der Waals surface area contributed by atoms with E-state index in [0.717, 1.165) is 28.0 Å². The van der Waals surface area contributed by atoms with Gasteiger partial charge in [0.15, 0.2) is 5.65 Å². The second-order valence-corrected chi connectivity index (χ2v) is 4.33. The minimum atomic E-state index is 0.809. The lowest BCUT2D eigenvalue weighted by Crippen LogP contribution is -1.87. The van der Waals surface area contributed by atoms with Gasteiger partial charge in [-0.25, -0.2) is 4.98 Å². The van der Waals surface area contributed by atoms with Gasteiger partial charge in [-0.1, -0.05) is 12.7 Å². The van der Waals surface area contributed by atoms with Gasteiger partial charge in [0.05, 0.1) is 5.69 Å². The molecule has 0 radical (unpaired) electrons. The molecule has 90 valence electrons. The van der Waals surface area contributed by atoms with E-state index in [1.165, 1.54) is 5.69 Å². The van der Waals surface area contributed by atoms with Crippen LogP contribution in [0.25, 0.3) is 28.5 Å². The van der Waals surface area contributed by atoms with Gasteiger partial charge in [0.25, 0.3) is 0 Å². The summed E-state index contributed by atoms with van der Waals surface area (Å²) < 4.78 is 2.10. The zero-order valence-electron chi connectivity index (χ0n) is 10.4. The summed E-state index contributed by atoms with van der Waals surface area (Å²) in [5.41, 5.74) is 6.18. The molecule has 0 bridgehead atoms. The molecule has 0 aliphatic rings. The summed E-state index contributed by atoms with van der Waals surface area (Å²) in [6, 6.07) is 2.02. The van der Waals surface area contributed by atoms with E-state index in [2.05, 4.69) is 39.2 Å². The summed E-state index contributed by atoms with van der Waals surface area (Å²) in [4.78, 5) is 11.8. The number of rotatable bonds is 2. The Morgan fingerprint density at radius 1 is 1.33 bits per heavy atom. The first-order valence-corrected chi connectivity index (χ1v) is 5.79. The van der Waals surface area contributed by atoms with E-state index in [4.69, 9.17) is 0 Å². The molecule has 0 saturated carbocycles. The minimum absolute atomic E-state index is 0.809. The van der Waals surface area contributed by atoms with Crippen LogP contribution in [0.3, 0.4) is 0 Å². The lowest BCUT2D eigenvalue weighted by molar-refractivity contribution is 0.881. The number of nitrogens with one attached hydrogen (secondary N) is 1. The molecular formula is C14H14N4. The van der Waals surface area contributed by atoms with E-state index in [9.17, 15) is 0 Å². The number of fused-ring (bicyclic) bond motifs is 1. The topological polar surface area (TPSA) is 46.5 Å². The molecule has 0 amide bonds. The van der Waals surface area contributed by atoms with Gasteiger partial charge in [0, 0.05) is 42.5 Å². The number of aromatic amines is 1. The predicted molar refractivity (Wildman–Crippen MR) is 73.1 cm³/mol. The first kappa shape index (κ1) is 10.8. The largest absolute Gasteiger partial charge is 0.353 e. The summed E-state index contributed by atoms with van der Waals surface area (Å²) in [7, 11) is 2.03. The summed E-state index contributed by atoms with van der Waals surface area (Å²) in [6.45, 7) is 5.97. The van der Waals surface area contributed by atoms with Crippen molar-refractivity contribution in [3.8, 4) is 11.3 Å². The average Bonchev–Trinajstić information content (AvgIpc) is 2.91. The molecule has 3 aromatic rings. The Balaban J connectivity index is 2.25. The molecule has 3 heterocycles. The van der Waals surface area contributed by atoms with Crippen molar-refractivity contribution in [1.82, 2.24) is 19.5 Å². The van der Waals surface area contributed by atoms with E-state index in [-0.39, 0.29) is 0 Å². The van der Waals surface area contributed by atoms with Crippen LogP contribution in [0, 0.1) is 6.92 Å². The molecule has 3 rings (SSSR count). The van der Waals surface area contributed by atoms with Crippen LogP contribution in [0.5, 0.6) is 0 Å². The maximum absolute atomic E-state index is 4.29. The van der Waals surface area contributed by atoms with Crippen molar-refractivity contribution in [2.45, 2.75) is 6.92 Å². The van der Waals surface area contributed by atoms with Gasteiger partial charge >= 0.3 is 0 Å². The zero-order chi connectivity index (χ0) is 12.7. The summed E-state index contributed by atoms with van der Waals surface area (Å²) in [5.74, 6) is 0. The Morgan fingerprint density at radius 2 is 2.11 bits per heavy atom. The van der Waals surface area contributed by atoms with Crippen LogP contribution in [0.2, 0.25) is 0 Å². The third-order valence-corrected chi connectivity index (χ3v) is 3.29. The Labute approximate surface area is 105 Å². The number of hydrogen-bond acceptors (Lipinski definition) is 2. The highest BCUT2D eigenvalue weighted by atomic mass is 14.9. The van der Waals surface area contributed by atoms with Crippen molar-refractivity contribution >= 4 is 17.2 Å². The highest BCUT2D eigenvalue weighted by Gasteiger charge is 2.12. The fourth-order valence-corrected chi connectivity index (χ4v) is 2.21. The third-order valence-electron chi connectivity index (χ3n) is 3.29. The summed E-state index contributed by atoms with van der Waals surface area (Å²) >= 11 is 0. The van der Waals surface area contributed by atoms with E-state index >= 15 is 0 Å². The molecule has 0 saturated heterocycles. The van der Waals surface area contributed by atoms with Gasteiger partial charge in [-0.15, -0.1) is 0 Å². The second-order valence-electron chi connectivity index (χ2n) is 4.33. The first-order valence-electron chi connectivity index (χ1n) is 5.79. The molecule has 0 spiro atoms. The SMILES string of the molecule is C=Cc1c(-c2cc3nccnc3[nH]2)cn(C)c1C. The van der Waals surface area contributed by atoms with Crippen molar-refractivity contribution in [2.24, 2.45) is 7.05 Å². The molecule has 0 aliphatic carbocycles. The molecule has 4 heteroatoms. The molecule has 0 aromatic carbocycles. The first-order chi connectivity index (χ1) is 8.70. The number of aromatic nitrogens is 4. The maximum Gasteiger partial charge on any atom is 0.156 e. The van der Waals surface area contributed by atoms with Crippen LogP contribution in [-0.4, -0.2) is 19.5 Å². The highest BCUT2D eigenvalue weighted by molar-refractivity contribution is 5.83. The minimum Gasteiger partial charge on any atom is -0.353 e. The van der Waals surface area contributed by atoms with Crippen LogP contribution in [0.4, 0.5) is 0 Å². The van der Waals surface area contributed by atoms with Crippen molar-refractivity contribution < 1.29 is 0 Å². The number of H-pyrrole nitrogens is 1. The lowest BCUT2D eigenvalue weighted by atomic mass is 10.1. The second kappa shape index (κ2) is 3.84. The van der Waals surface area contributed by atoms with Crippen molar-refractivity contribution in [2.75, 3.05) is 0 Å². The number of nitrogens with zero attached hydrogens (tertiary/aromatic N) is 3. The molecule has 0 unspecified atom stereocenters. The van der Waals surface area contributed by atoms with E-state index in [0.29, 0.717) is 0 Å². The Kier molecular flexibility index (Phi) is 2.30. The van der Waals surface area contributed by atoms with Crippen LogP contribution < -0.4 is 0 Å². The van der Waals surface area contributed by atoms with Gasteiger partial charge < -0.3 is 9.55 Å². The molecular weight excluding hydrogens is 224 g/mol. The molecule has 3 aromatic heterocycles. The Bertz CT molecular complexity index is 700. The molecule has 0 aliphatic heterocycles. The summed E-state index contributed by atoms with van der Waals surface area (Å²) in [5, 5.41) is 0. The van der Waals surface area contributed by atoms with Gasteiger partial charge in [-0.2, -0.15) is 0 Å². The zero-order valence-corrected chi connectivity index (χ0v) is 10.4. The maximum atomic E-state index is 4.29. The fourth-order valence-electron chi connectivity index (χ4n) is 2.21. The van der Waals surface area contributed by atoms with Gasteiger partial charge in [-0.05, 0) is 13.0 Å². The van der Waals surface area contributed by atoms with E-state index < -0.39 is 0 Å². The van der Waals surface area contributed by atoms with Crippen LogP contribution >= 0.6 is 0 Å². The fraction of sp³-hybridized carbons (Fsp3) is 0.143. The van der Waals surface area contributed by atoms with Crippen LogP contribution in [-0.2, 0) is 7.05 Å². The van der Waals surface area contributed by atoms with Crippen molar-refractivity contribution in [1.29, 1.82) is 0 Å².